The molecule has 1 aromatic heterocycles. The van der Waals surface area contributed by atoms with Crippen LogP contribution in [0.1, 0.15) is 35.9 Å². The number of carbonyl (C=O) groups is 1. The Kier molecular flexibility index (Phi) is 4.43. The van der Waals surface area contributed by atoms with Crippen LogP contribution in [-0.4, -0.2) is 34.5 Å². The van der Waals surface area contributed by atoms with Gasteiger partial charge in [-0.1, -0.05) is 36.4 Å². The number of ether oxygens (including phenoxy) is 1. The minimum Gasteiger partial charge on any atom is -0.369 e. The van der Waals surface area contributed by atoms with Crippen LogP contribution in [-0.2, 0) is 4.74 Å². The van der Waals surface area contributed by atoms with Crippen LogP contribution in [0, 0.1) is 0 Å². The van der Waals surface area contributed by atoms with Crippen molar-refractivity contribution in [2.24, 2.45) is 0 Å². The Morgan fingerprint density at radius 1 is 1.08 bits per heavy atom. The smallest absolute Gasteiger partial charge is 0.254 e. The van der Waals surface area contributed by atoms with Crippen molar-refractivity contribution in [3.05, 3.63) is 78.1 Å². The van der Waals surface area contributed by atoms with Crippen molar-refractivity contribution in [1.82, 2.24) is 9.88 Å². The average molecular weight is 346 g/mol. The minimum atomic E-state index is -0.110. The van der Waals surface area contributed by atoms with E-state index in [9.17, 15) is 4.79 Å². The van der Waals surface area contributed by atoms with Gasteiger partial charge in [0.1, 0.15) is 6.10 Å². The summed E-state index contributed by atoms with van der Waals surface area (Å²) in [7, 11) is 0. The van der Waals surface area contributed by atoms with E-state index < -0.39 is 0 Å². The Hall–Kier alpha value is -2.72. The molecule has 1 aliphatic heterocycles. The van der Waals surface area contributed by atoms with Crippen molar-refractivity contribution in [2.45, 2.75) is 32.0 Å². The average Bonchev–Trinajstić information content (AvgIpc) is 2.68. The number of amides is 1. The molecule has 4 rings (SSSR count). The molecule has 1 aliphatic rings. The number of carbonyl (C=O) groups excluding carboxylic acids is 1. The Bertz CT molecular complexity index is 926. The van der Waals surface area contributed by atoms with Gasteiger partial charge in [-0.25, -0.2) is 0 Å². The lowest BCUT2D eigenvalue weighted by molar-refractivity contribution is -0.0806. The molecule has 3 aromatic rings. The number of pyridine rings is 1. The number of benzene rings is 2. The Morgan fingerprint density at radius 3 is 2.69 bits per heavy atom. The predicted octanol–water partition coefficient (Wildman–Crippen LogP) is 4.23. The summed E-state index contributed by atoms with van der Waals surface area (Å²) in [6.45, 7) is 4.64. The van der Waals surface area contributed by atoms with Crippen molar-refractivity contribution in [1.29, 1.82) is 0 Å². The fourth-order valence-electron chi connectivity index (χ4n) is 3.78. The van der Waals surface area contributed by atoms with Gasteiger partial charge in [0.05, 0.1) is 18.7 Å². The van der Waals surface area contributed by atoms with Gasteiger partial charge in [0.25, 0.3) is 5.91 Å². The molecule has 1 saturated heterocycles. The van der Waals surface area contributed by atoms with E-state index in [1.807, 2.05) is 60.5 Å². The SMILES string of the molecule is CC1COC(c2ccccc2)C(C)N1C(=O)c1ccc2cnccc2c1. The quantitative estimate of drug-likeness (QED) is 0.697. The summed E-state index contributed by atoms with van der Waals surface area (Å²) >= 11 is 0. The van der Waals surface area contributed by atoms with Gasteiger partial charge in [-0.05, 0) is 43.0 Å². The van der Waals surface area contributed by atoms with E-state index >= 15 is 0 Å². The Morgan fingerprint density at radius 2 is 1.88 bits per heavy atom. The lowest BCUT2D eigenvalue weighted by Crippen LogP contribution is -2.53. The molecular formula is C22H22N2O2. The number of rotatable bonds is 2. The second-order valence-electron chi connectivity index (χ2n) is 6.90. The van der Waals surface area contributed by atoms with E-state index in [1.165, 1.54) is 0 Å². The second-order valence-corrected chi connectivity index (χ2v) is 6.90. The molecule has 0 saturated carbocycles. The molecule has 26 heavy (non-hydrogen) atoms. The molecule has 0 N–H and O–H groups in total. The van der Waals surface area contributed by atoms with Crippen LogP contribution >= 0.6 is 0 Å². The highest BCUT2D eigenvalue weighted by atomic mass is 16.5. The highest BCUT2D eigenvalue weighted by molar-refractivity contribution is 5.98. The van der Waals surface area contributed by atoms with Gasteiger partial charge in [-0.3, -0.25) is 9.78 Å². The first-order valence-corrected chi connectivity index (χ1v) is 8.98. The summed E-state index contributed by atoms with van der Waals surface area (Å²) in [6.07, 6.45) is 3.46. The van der Waals surface area contributed by atoms with Crippen LogP contribution in [0.3, 0.4) is 0 Å². The highest BCUT2D eigenvalue weighted by Crippen LogP contribution is 2.32. The van der Waals surface area contributed by atoms with Crippen molar-refractivity contribution in [3.8, 4) is 0 Å². The first kappa shape index (κ1) is 16.7. The van der Waals surface area contributed by atoms with Gasteiger partial charge in [-0.15, -0.1) is 0 Å². The molecule has 1 fully saturated rings. The molecule has 0 bridgehead atoms. The third kappa shape index (κ3) is 2.97. The number of fused-ring (bicyclic) bond motifs is 1. The van der Waals surface area contributed by atoms with Gasteiger partial charge in [0, 0.05) is 23.3 Å². The standard InChI is InChI=1S/C22H22N2O2/c1-15-14-26-21(17-6-4-3-5-7-17)16(2)24(15)22(25)19-8-9-20-13-23-11-10-18(20)12-19/h3-13,15-16,21H,14H2,1-2H3. The van der Waals surface area contributed by atoms with E-state index in [4.69, 9.17) is 4.74 Å². The summed E-state index contributed by atoms with van der Waals surface area (Å²) in [6, 6.07) is 17.8. The number of nitrogens with zero attached hydrogens (tertiary/aromatic N) is 2. The summed E-state index contributed by atoms with van der Waals surface area (Å²) in [4.78, 5) is 19.4. The fourth-order valence-corrected chi connectivity index (χ4v) is 3.78. The topological polar surface area (TPSA) is 42.4 Å². The van der Waals surface area contributed by atoms with Crippen LogP contribution < -0.4 is 0 Å². The molecule has 1 amide bonds. The lowest BCUT2D eigenvalue weighted by atomic mass is 9.97. The molecule has 4 heteroatoms. The predicted molar refractivity (Wildman–Crippen MR) is 102 cm³/mol. The van der Waals surface area contributed by atoms with Crippen molar-refractivity contribution in [3.63, 3.8) is 0 Å². The van der Waals surface area contributed by atoms with E-state index in [0.717, 1.165) is 16.3 Å². The normalized spacial score (nSPS) is 23.2. The van der Waals surface area contributed by atoms with Gasteiger partial charge in [0.2, 0.25) is 0 Å². The zero-order valence-corrected chi connectivity index (χ0v) is 15.0. The minimum absolute atomic E-state index is 0.0330. The van der Waals surface area contributed by atoms with Crippen LogP contribution in [0.2, 0.25) is 0 Å². The largest absolute Gasteiger partial charge is 0.369 e. The summed E-state index contributed by atoms with van der Waals surface area (Å²) < 4.78 is 6.07. The van der Waals surface area contributed by atoms with Crippen LogP contribution in [0.4, 0.5) is 0 Å². The van der Waals surface area contributed by atoms with Crippen molar-refractivity contribution in [2.75, 3.05) is 6.61 Å². The number of hydrogen-bond donors (Lipinski definition) is 0. The molecule has 0 radical (unpaired) electrons. The molecule has 3 atom stereocenters. The molecule has 132 valence electrons. The van der Waals surface area contributed by atoms with Crippen LogP contribution in [0.5, 0.6) is 0 Å². The number of hydrogen-bond acceptors (Lipinski definition) is 3. The molecule has 2 aromatic carbocycles. The summed E-state index contributed by atoms with van der Waals surface area (Å²) in [5.41, 5.74) is 1.81. The molecular weight excluding hydrogens is 324 g/mol. The maximum Gasteiger partial charge on any atom is 0.254 e. The Labute approximate surface area is 153 Å². The first-order chi connectivity index (χ1) is 12.6. The third-order valence-corrected chi connectivity index (χ3v) is 5.12. The molecule has 0 spiro atoms. The van der Waals surface area contributed by atoms with Crippen LogP contribution in [0.15, 0.2) is 67.0 Å². The number of morpholine rings is 1. The summed E-state index contributed by atoms with van der Waals surface area (Å²) in [5, 5.41) is 2.06. The maximum atomic E-state index is 13.3. The molecule has 0 aliphatic carbocycles. The van der Waals surface area contributed by atoms with Crippen molar-refractivity contribution < 1.29 is 9.53 Å². The molecule has 4 nitrogen and oxygen atoms in total. The molecule has 2 heterocycles. The molecule has 3 unspecified atom stereocenters. The monoisotopic (exact) mass is 346 g/mol. The second kappa shape index (κ2) is 6.89. The fraction of sp³-hybridized carbons (Fsp3) is 0.273. The number of aromatic nitrogens is 1. The van der Waals surface area contributed by atoms with Gasteiger partial charge < -0.3 is 9.64 Å². The first-order valence-electron chi connectivity index (χ1n) is 8.98. The van der Waals surface area contributed by atoms with E-state index in [2.05, 4.69) is 24.0 Å². The van der Waals surface area contributed by atoms with E-state index in [1.54, 1.807) is 6.20 Å². The van der Waals surface area contributed by atoms with E-state index in [0.29, 0.717) is 12.2 Å². The third-order valence-electron chi connectivity index (χ3n) is 5.12. The zero-order valence-electron chi connectivity index (χ0n) is 15.0. The van der Waals surface area contributed by atoms with Gasteiger partial charge in [-0.2, -0.15) is 0 Å². The lowest BCUT2D eigenvalue weighted by Gasteiger charge is -2.44. The van der Waals surface area contributed by atoms with Gasteiger partial charge in [0.15, 0.2) is 0 Å². The van der Waals surface area contributed by atoms with Crippen LogP contribution in [0.25, 0.3) is 10.8 Å². The zero-order chi connectivity index (χ0) is 18.1. The van der Waals surface area contributed by atoms with Gasteiger partial charge >= 0.3 is 0 Å². The maximum absolute atomic E-state index is 13.3. The van der Waals surface area contributed by atoms with Crippen molar-refractivity contribution >= 4 is 16.7 Å². The summed E-state index contributed by atoms with van der Waals surface area (Å²) in [5.74, 6) is 0.0490. The Balaban J connectivity index is 1.66. The highest BCUT2D eigenvalue weighted by Gasteiger charge is 2.37. The van der Waals surface area contributed by atoms with E-state index in [-0.39, 0.29) is 24.1 Å².